The molecule has 5 nitrogen and oxygen atoms in total. The Labute approximate surface area is 212 Å². The summed E-state index contributed by atoms with van der Waals surface area (Å²) in [5.41, 5.74) is 1.76. The van der Waals surface area contributed by atoms with Crippen molar-refractivity contribution in [1.29, 1.82) is 0 Å². The number of hydrogen-bond acceptors (Lipinski definition) is 4. The first kappa shape index (κ1) is 26.6. The van der Waals surface area contributed by atoms with E-state index >= 15 is 0 Å². The van der Waals surface area contributed by atoms with Crippen molar-refractivity contribution in [2.45, 2.75) is 11.3 Å². The van der Waals surface area contributed by atoms with Crippen LogP contribution >= 0.6 is 56.7 Å². The van der Waals surface area contributed by atoms with Gasteiger partial charge in [0.1, 0.15) is 0 Å². The first-order chi connectivity index (χ1) is 13.8. The molecule has 0 aliphatic carbocycles. The lowest BCUT2D eigenvalue weighted by Gasteiger charge is -2.32. The summed E-state index contributed by atoms with van der Waals surface area (Å²) in [6.45, 7) is 5.18. The topological polar surface area (TPSA) is 45.5 Å². The Kier molecular flexibility index (Phi) is 9.46. The molecule has 0 bridgehead atoms. The van der Waals surface area contributed by atoms with E-state index in [1.54, 1.807) is 24.4 Å². The molecule has 0 unspecified atom stereocenters. The van der Waals surface area contributed by atoms with E-state index in [2.05, 4.69) is 48.7 Å². The molecule has 0 amide bonds. The average Bonchev–Trinajstić information content (AvgIpc) is 3.06. The van der Waals surface area contributed by atoms with Gasteiger partial charge in [0.25, 0.3) is 10.0 Å². The lowest BCUT2D eigenvalue weighted by Crippen LogP contribution is -2.45. The number of fused-ring (bicyclic) bond motifs is 1. The Hall–Kier alpha value is -0.610. The van der Waals surface area contributed by atoms with Crippen LogP contribution in [0, 0.1) is 0 Å². The smallest absolute Gasteiger partial charge is 0.268 e. The zero-order valence-electron chi connectivity index (χ0n) is 17.0. The molecule has 4 rings (SSSR count). The number of piperazine rings is 1. The van der Waals surface area contributed by atoms with Crippen LogP contribution < -0.4 is 0 Å². The normalized spacial score (nSPS) is 15.5. The highest BCUT2D eigenvalue weighted by molar-refractivity contribution is 9.10. The second-order valence-electron chi connectivity index (χ2n) is 7.47. The fourth-order valence-electron chi connectivity index (χ4n) is 3.73. The van der Waals surface area contributed by atoms with E-state index in [4.69, 9.17) is 0 Å². The maximum Gasteiger partial charge on any atom is 0.268 e. The molecule has 0 N–H and O–H groups in total. The molecule has 0 saturated carbocycles. The van der Waals surface area contributed by atoms with Gasteiger partial charge in [-0.25, -0.2) is 12.4 Å². The van der Waals surface area contributed by atoms with Crippen LogP contribution in [0.5, 0.6) is 0 Å². The number of benzene rings is 2. The molecule has 1 aliphatic rings. The predicted molar refractivity (Wildman–Crippen MR) is 139 cm³/mol. The molecule has 0 radical (unpaired) electrons. The molecule has 0 spiro atoms. The summed E-state index contributed by atoms with van der Waals surface area (Å²) in [5, 5.41) is 0.979. The maximum atomic E-state index is 13.4. The van der Waals surface area contributed by atoms with Gasteiger partial charge in [-0.3, -0.25) is 0 Å². The quantitative estimate of drug-likeness (QED) is 0.405. The summed E-state index contributed by atoms with van der Waals surface area (Å²) in [4.78, 5) is 5.06. The van der Waals surface area contributed by atoms with Gasteiger partial charge >= 0.3 is 0 Å². The third kappa shape index (κ3) is 5.85. The Morgan fingerprint density at radius 3 is 2.29 bits per heavy atom. The van der Waals surface area contributed by atoms with Crippen molar-refractivity contribution in [1.82, 2.24) is 13.8 Å². The summed E-state index contributed by atoms with van der Waals surface area (Å²) in [6, 6.07) is 12.6. The monoisotopic (exact) mass is 611 g/mol. The summed E-state index contributed by atoms with van der Waals surface area (Å²) < 4.78 is 29.8. The number of nitrogens with zero attached hydrogens (tertiary/aromatic N) is 3. The highest BCUT2D eigenvalue weighted by atomic mass is 79.9. The largest absolute Gasteiger partial charge is 0.304 e. The molecule has 1 aliphatic heterocycles. The molecule has 1 fully saturated rings. The van der Waals surface area contributed by atoms with Crippen molar-refractivity contribution < 1.29 is 8.42 Å². The lowest BCUT2D eigenvalue weighted by molar-refractivity contribution is 0.155. The van der Waals surface area contributed by atoms with E-state index in [-0.39, 0.29) is 29.7 Å². The van der Waals surface area contributed by atoms with Crippen molar-refractivity contribution in [2.75, 3.05) is 39.8 Å². The van der Waals surface area contributed by atoms with Gasteiger partial charge in [-0.2, -0.15) is 0 Å². The highest BCUT2D eigenvalue weighted by Crippen LogP contribution is 2.30. The van der Waals surface area contributed by atoms with E-state index < -0.39 is 10.0 Å². The summed E-state index contributed by atoms with van der Waals surface area (Å²) in [7, 11) is -1.53. The van der Waals surface area contributed by atoms with Crippen LogP contribution in [0.3, 0.4) is 0 Å². The minimum atomic E-state index is -3.68. The zero-order chi connectivity index (χ0) is 20.6. The Balaban J connectivity index is 0.00000171. The number of hydrogen-bond donors (Lipinski definition) is 0. The van der Waals surface area contributed by atoms with Crippen molar-refractivity contribution in [3.63, 3.8) is 0 Å². The number of rotatable bonds is 5. The minimum absolute atomic E-state index is 0. The lowest BCUT2D eigenvalue weighted by atomic mass is 10.1. The summed E-state index contributed by atoms with van der Waals surface area (Å²) in [6.07, 6.45) is 2.61. The van der Waals surface area contributed by atoms with Crippen molar-refractivity contribution >= 4 is 77.6 Å². The SMILES string of the molecule is CN1CCN(CCc2cn(S(=O)(=O)c3cccc(Br)c3)c3ccc(Br)cc23)CC1.Cl.Cl. The fourth-order valence-corrected chi connectivity index (χ4v) is 6.08. The summed E-state index contributed by atoms with van der Waals surface area (Å²) in [5.74, 6) is 0. The molecule has 1 aromatic heterocycles. The molecule has 0 atom stereocenters. The molecule has 10 heteroatoms. The van der Waals surface area contributed by atoms with Gasteiger partial charge < -0.3 is 9.80 Å². The van der Waals surface area contributed by atoms with Crippen molar-refractivity contribution in [2.24, 2.45) is 0 Å². The van der Waals surface area contributed by atoms with Crippen LogP contribution in [0.1, 0.15) is 5.56 Å². The number of aromatic nitrogens is 1. The van der Waals surface area contributed by atoms with Gasteiger partial charge in [0.05, 0.1) is 10.4 Å². The zero-order valence-corrected chi connectivity index (χ0v) is 22.6. The Bertz CT molecular complexity index is 1150. The highest BCUT2D eigenvalue weighted by Gasteiger charge is 2.22. The Morgan fingerprint density at radius 2 is 1.61 bits per heavy atom. The van der Waals surface area contributed by atoms with Crippen LogP contribution in [-0.2, 0) is 16.4 Å². The van der Waals surface area contributed by atoms with Crippen LogP contribution in [0.2, 0.25) is 0 Å². The first-order valence-corrected chi connectivity index (χ1v) is 12.6. The molecular formula is C21H25Br2Cl2N3O2S. The van der Waals surface area contributed by atoms with Crippen LogP contribution in [0.15, 0.2) is 62.5 Å². The fraction of sp³-hybridized carbons (Fsp3) is 0.333. The third-order valence-corrected chi connectivity index (χ3v) is 8.12. The molecule has 3 aromatic rings. The van der Waals surface area contributed by atoms with Gasteiger partial charge in [-0.15, -0.1) is 24.8 Å². The van der Waals surface area contributed by atoms with E-state index in [1.165, 1.54) is 3.97 Å². The number of halogens is 4. The third-order valence-electron chi connectivity index (χ3n) is 5.46. The van der Waals surface area contributed by atoms with E-state index in [0.29, 0.717) is 5.52 Å². The Morgan fingerprint density at radius 1 is 0.935 bits per heavy atom. The molecule has 2 aromatic carbocycles. The van der Waals surface area contributed by atoms with Gasteiger partial charge in [-0.05, 0) is 55.4 Å². The van der Waals surface area contributed by atoms with Crippen LogP contribution in [0.25, 0.3) is 10.9 Å². The van der Waals surface area contributed by atoms with Crippen molar-refractivity contribution in [3.05, 3.63) is 63.2 Å². The standard InChI is InChI=1S/C21H23Br2N3O2S.2ClH/c1-24-9-11-25(12-10-24)8-7-16-15-26(21-6-5-18(23)14-20(16)21)29(27,28)19-4-2-3-17(22)13-19;;/h2-6,13-15H,7-12H2,1H3;2*1H. The minimum Gasteiger partial charge on any atom is -0.304 e. The molecule has 2 heterocycles. The number of likely N-dealkylation sites (N-methyl/N-ethyl adjacent to an activating group) is 1. The van der Waals surface area contributed by atoms with Gasteiger partial charge in [0.2, 0.25) is 0 Å². The molecule has 170 valence electrons. The predicted octanol–water partition coefficient (Wildman–Crippen LogP) is 5.04. The second-order valence-corrected chi connectivity index (χ2v) is 11.1. The summed E-state index contributed by atoms with van der Waals surface area (Å²) >= 11 is 6.91. The first-order valence-electron chi connectivity index (χ1n) is 9.56. The molecular weight excluding hydrogens is 589 g/mol. The van der Waals surface area contributed by atoms with Gasteiger partial charge in [0.15, 0.2) is 0 Å². The molecule has 31 heavy (non-hydrogen) atoms. The van der Waals surface area contributed by atoms with E-state index in [0.717, 1.165) is 59.0 Å². The van der Waals surface area contributed by atoms with Gasteiger partial charge in [-0.1, -0.05) is 37.9 Å². The maximum absolute atomic E-state index is 13.4. The van der Waals surface area contributed by atoms with Crippen molar-refractivity contribution in [3.8, 4) is 0 Å². The van der Waals surface area contributed by atoms with Crippen LogP contribution in [-0.4, -0.2) is 62.0 Å². The molecule has 1 saturated heterocycles. The van der Waals surface area contributed by atoms with E-state index in [9.17, 15) is 8.42 Å². The van der Waals surface area contributed by atoms with E-state index in [1.807, 2.05) is 24.3 Å². The van der Waals surface area contributed by atoms with Crippen LogP contribution in [0.4, 0.5) is 0 Å². The second kappa shape index (κ2) is 11.0. The average molecular weight is 614 g/mol. The van der Waals surface area contributed by atoms with Gasteiger partial charge in [0, 0.05) is 53.3 Å².